The molecule has 0 radical (unpaired) electrons. The fourth-order valence-corrected chi connectivity index (χ4v) is 3.10. The van der Waals surface area contributed by atoms with Crippen LogP contribution in [0.25, 0.3) is 0 Å². The van der Waals surface area contributed by atoms with Crippen LogP contribution in [0.1, 0.15) is 38.3 Å². The first kappa shape index (κ1) is 22.4. The maximum atomic E-state index is 13.2. The Morgan fingerprint density at radius 3 is 2.24 bits per heavy atom. The minimum absolute atomic E-state index is 0.0294. The molecule has 1 N–H and O–H groups in total. The van der Waals surface area contributed by atoms with E-state index in [1.807, 2.05) is 51.0 Å². The van der Waals surface area contributed by atoms with Crippen LogP contribution in [0.3, 0.4) is 0 Å². The van der Waals surface area contributed by atoms with Crippen LogP contribution < -0.4 is 10.2 Å². The van der Waals surface area contributed by atoms with E-state index in [-0.39, 0.29) is 23.5 Å². The lowest BCUT2D eigenvalue weighted by Crippen LogP contribution is -2.28. The highest BCUT2D eigenvalue weighted by atomic mass is 19.1. The summed E-state index contributed by atoms with van der Waals surface area (Å²) in [6.45, 7) is 6.29. The van der Waals surface area contributed by atoms with Crippen LogP contribution >= 0.6 is 0 Å². The third kappa shape index (κ3) is 6.89. The molecule has 156 valence electrons. The third-order valence-electron chi connectivity index (χ3n) is 4.53. The molecule has 2 amide bonds. The predicted molar refractivity (Wildman–Crippen MR) is 115 cm³/mol. The first-order valence-electron chi connectivity index (χ1n) is 9.75. The van der Waals surface area contributed by atoms with E-state index < -0.39 is 0 Å². The third-order valence-corrected chi connectivity index (χ3v) is 4.53. The highest BCUT2D eigenvalue weighted by molar-refractivity contribution is 5.91. The summed E-state index contributed by atoms with van der Waals surface area (Å²) < 4.78 is 13.2. The zero-order valence-corrected chi connectivity index (χ0v) is 17.8. The van der Waals surface area contributed by atoms with E-state index in [9.17, 15) is 14.0 Å². The van der Waals surface area contributed by atoms with Gasteiger partial charge in [-0.15, -0.1) is 0 Å². The summed E-state index contributed by atoms with van der Waals surface area (Å²) in [7, 11) is 3.88. The smallest absolute Gasteiger partial charge is 0.224 e. The lowest BCUT2D eigenvalue weighted by molar-refractivity contribution is -0.130. The summed E-state index contributed by atoms with van der Waals surface area (Å²) in [5, 5.41) is 2.94. The van der Waals surface area contributed by atoms with Crippen molar-refractivity contribution in [3.63, 3.8) is 0 Å². The Labute approximate surface area is 172 Å². The normalized spacial score (nSPS) is 10.7. The monoisotopic (exact) mass is 399 g/mol. The molecule has 5 nitrogen and oxygen atoms in total. The van der Waals surface area contributed by atoms with Crippen molar-refractivity contribution in [3.8, 4) is 0 Å². The van der Waals surface area contributed by atoms with Crippen molar-refractivity contribution < 1.29 is 14.0 Å². The first-order valence-corrected chi connectivity index (χ1v) is 9.75. The summed E-state index contributed by atoms with van der Waals surface area (Å²) in [6, 6.07) is 11.9. The molecule has 2 aromatic carbocycles. The van der Waals surface area contributed by atoms with Crippen LogP contribution in [-0.2, 0) is 22.7 Å². The SMILES string of the molecule is CC(=O)N(Cc1ccc(F)cc1)Cc1cc(NC(=O)CC(C)C)ccc1N(C)C. The van der Waals surface area contributed by atoms with Gasteiger partial charge in [0.05, 0.1) is 0 Å². The molecule has 0 saturated carbocycles. The van der Waals surface area contributed by atoms with Crippen LogP contribution in [0.2, 0.25) is 0 Å². The summed E-state index contributed by atoms with van der Waals surface area (Å²) >= 11 is 0. The van der Waals surface area contributed by atoms with Gasteiger partial charge < -0.3 is 15.1 Å². The van der Waals surface area contributed by atoms with Gasteiger partial charge in [0.1, 0.15) is 5.82 Å². The average molecular weight is 400 g/mol. The molecule has 0 aliphatic carbocycles. The fourth-order valence-electron chi connectivity index (χ4n) is 3.10. The Morgan fingerprint density at radius 1 is 1.03 bits per heavy atom. The maximum absolute atomic E-state index is 13.2. The zero-order valence-electron chi connectivity index (χ0n) is 17.8. The topological polar surface area (TPSA) is 52.7 Å². The molecule has 2 rings (SSSR count). The van der Waals surface area contributed by atoms with E-state index in [1.165, 1.54) is 19.1 Å². The number of halogens is 1. The van der Waals surface area contributed by atoms with Gasteiger partial charge in [-0.25, -0.2) is 4.39 Å². The molecule has 29 heavy (non-hydrogen) atoms. The number of carbonyl (C=O) groups is 2. The predicted octanol–water partition coefficient (Wildman–Crippen LogP) is 4.43. The van der Waals surface area contributed by atoms with Gasteiger partial charge in [-0.2, -0.15) is 0 Å². The van der Waals surface area contributed by atoms with Crippen LogP contribution in [0.4, 0.5) is 15.8 Å². The van der Waals surface area contributed by atoms with Gasteiger partial charge in [0, 0.05) is 51.9 Å². The zero-order chi connectivity index (χ0) is 21.6. The Kier molecular flexibility index (Phi) is 7.76. The van der Waals surface area contributed by atoms with Gasteiger partial charge in [-0.05, 0) is 47.4 Å². The summed E-state index contributed by atoms with van der Waals surface area (Å²) in [5.74, 6) is -0.131. The van der Waals surface area contributed by atoms with Crippen molar-refractivity contribution in [1.82, 2.24) is 4.90 Å². The minimum atomic E-state index is -0.303. The van der Waals surface area contributed by atoms with Crippen molar-refractivity contribution in [3.05, 3.63) is 59.4 Å². The molecule has 0 atom stereocenters. The molecule has 2 aromatic rings. The molecule has 0 unspecified atom stereocenters. The molecule has 0 saturated heterocycles. The summed E-state index contributed by atoms with van der Waals surface area (Å²) in [6.07, 6.45) is 0.453. The second-order valence-electron chi connectivity index (χ2n) is 7.89. The van der Waals surface area contributed by atoms with Crippen molar-refractivity contribution in [2.45, 2.75) is 40.3 Å². The molecule has 0 fully saturated rings. The van der Waals surface area contributed by atoms with E-state index in [4.69, 9.17) is 0 Å². The van der Waals surface area contributed by atoms with Crippen molar-refractivity contribution >= 4 is 23.2 Å². The lowest BCUT2D eigenvalue weighted by Gasteiger charge is -2.25. The molecule has 0 aliphatic rings. The van der Waals surface area contributed by atoms with Gasteiger partial charge in [0.2, 0.25) is 11.8 Å². The Morgan fingerprint density at radius 2 is 1.69 bits per heavy atom. The van der Waals surface area contributed by atoms with Crippen molar-refractivity contribution in [2.75, 3.05) is 24.3 Å². The number of amides is 2. The van der Waals surface area contributed by atoms with Gasteiger partial charge in [0.15, 0.2) is 0 Å². The number of nitrogens with zero attached hydrogens (tertiary/aromatic N) is 2. The lowest BCUT2D eigenvalue weighted by atomic mass is 10.1. The summed E-state index contributed by atoms with van der Waals surface area (Å²) in [4.78, 5) is 28.1. The Balaban J connectivity index is 2.25. The van der Waals surface area contributed by atoms with Gasteiger partial charge >= 0.3 is 0 Å². The molecular formula is C23H30FN3O2. The average Bonchev–Trinajstić information content (AvgIpc) is 2.62. The molecule has 0 heterocycles. The van der Waals surface area contributed by atoms with E-state index in [0.29, 0.717) is 25.2 Å². The number of nitrogens with one attached hydrogen (secondary N) is 1. The number of carbonyl (C=O) groups excluding carboxylic acids is 2. The maximum Gasteiger partial charge on any atom is 0.224 e. The number of benzene rings is 2. The largest absolute Gasteiger partial charge is 0.377 e. The van der Waals surface area contributed by atoms with Crippen LogP contribution in [0.5, 0.6) is 0 Å². The standard InChI is InChI=1S/C23H30FN3O2/c1-16(2)12-23(29)25-21-10-11-22(26(4)5)19(13-21)15-27(17(3)28)14-18-6-8-20(24)9-7-18/h6-11,13,16H,12,14-15H2,1-5H3,(H,25,29). The van der Waals surface area contributed by atoms with Crippen LogP contribution in [0, 0.1) is 11.7 Å². The number of rotatable bonds is 8. The van der Waals surface area contributed by atoms with E-state index >= 15 is 0 Å². The van der Waals surface area contributed by atoms with E-state index in [2.05, 4.69) is 5.32 Å². The highest BCUT2D eigenvalue weighted by Gasteiger charge is 2.15. The molecule has 0 bridgehead atoms. The number of anilines is 2. The van der Waals surface area contributed by atoms with Crippen molar-refractivity contribution in [1.29, 1.82) is 0 Å². The minimum Gasteiger partial charge on any atom is -0.377 e. The highest BCUT2D eigenvalue weighted by Crippen LogP contribution is 2.25. The van der Waals surface area contributed by atoms with Crippen LogP contribution in [0.15, 0.2) is 42.5 Å². The number of hydrogen-bond donors (Lipinski definition) is 1. The second kappa shape index (κ2) is 10.0. The first-order chi connectivity index (χ1) is 13.7. The summed E-state index contributed by atoms with van der Waals surface area (Å²) in [5.41, 5.74) is 3.46. The molecule has 6 heteroatoms. The van der Waals surface area contributed by atoms with Gasteiger partial charge in [-0.1, -0.05) is 26.0 Å². The van der Waals surface area contributed by atoms with E-state index in [0.717, 1.165) is 16.8 Å². The number of hydrogen-bond acceptors (Lipinski definition) is 3. The van der Waals surface area contributed by atoms with Gasteiger partial charge in [-0.3, -0.25) is 9.59 Å². The fraction of sp³-hybridized carbons (Fsp3) is 0.391. The molecule has 0 spiro atoms. The van der Waals surface area contributed by atoms with E-state index in [1.54, 1.807) is 17.0 Å². The van der Waals surface area contributed by atoms with Gasteiger partial charge in [0.25, 0.3) is 0 Å². The Hall–Kier alpha value is -2.89. The van der Waals surface area contributed by atoms with Crippen LogP contribution in [-0.4, -0.2) is 30.8 Å². The quantitative estimate of drug-likeness (QED) is 0.715. The van der Waals surface area contributed by atoms with Crippen molar-refractivity contribution in [2.24, 2.45) is 5.92 Å². The second-order valence-corrected chi connectivity index (χ2v) is 7.89. The molecule has 0 aliphatic heterocycles. The molecule has 0 aromatic heterocycles. The Bertz CT molecular complexity index is 848. The molecular weight excluding hydrogens is 369 g/mol.